The fraction of sp³-hybridized carbons (Fsp3) is 0.577. The van der Waals surface area contributed by atoms with E-state index in [0.717, 1.165) is 70.6 Å². The van der Waals surface area contributed by atoms with Crippen LogP contribution in [-0.4, -0.2) is 86.1 Å². The Labute approximate surface area is 382 Å². The van der Waals surface area contributed by atoms with Crippen molar-refractivity contribution < 1.29 is 47.2 Å². The third-order valence-corrected chi connectivity index (χ3v) is 10.1. The SMILES string of the molecule is CC/C=C\C/C=C\C/C=C\C/C=C\C/C=C\C=C/C(O)CCC(=O)O[C@H](COC(=O)CCCCC/C=C\C/C=C\C/C=C\C/C=C\CCCCC)COP(=O)(O)OCC[N+](C)(C)C. The van der Waals surface area contributed by atoms with E-state index in [-0.39, 0.29) is 32.5 Å². The quantitative estimate of drug-likeness (QED) is 0.0154. The van der Waals surface area contributed by atoms with Crippen molar-refractivity contribution in [3.63, 3.8) is 0 Å². The molecule has 0 aromatic rings. The Bertz CT molecular complexity index is 1500. The lowest BCUT2D eigenvalue weighted by Gasteiger charge is -2.24. The van der Waals surface area contributed by atoms with Gasteiger partial charge in [-0.2, -0.15) is 0 Å². The lowest BCUT2D eigenvalue weighted by molar-refractivity contribution is -0.870. The minimum Gasteiger partial charge on any atom is -0.462 e. The van der Waals surface area contributed by atoms with Crippen LogP contribution in [0.3, 0.4) is 0 Å². The standard InChI is InChI=1S/C52H84NO9P/c1-6-8-10-12-14-16-18-20-22-24-25-26-28-30-32-34-36-38-40-42-51(55)59-47-50(48-61-63(57,58)60-46-45-53(3,4)5)62-52(56)44-43-49(54)41-39-37-35-33-31-29-27-23-21-19-17-15-13-11-9-7-2/h9,11,14-17,20-23,25-26,29-32,35,37,39,41,49-50,54H,6-8,10,12-13,18-19,24,27-28,33-34,36,38,40,42-48H2,1-5H3/p+1/b11-9-,16-14-,17-15-,22-20-,23-21-,26-25-,31-29-,32-30-,37-35-,41-39-/t49?,50-/m1/s1. The lowest BCUT2D eigenvalue weighted by Crippen LogP contribution is -2.37. The van der Waals surface area contributed by atoms with Crippen LogP contribution < -0.4 is 0 Å². The average molecular weight is 899 g/mol. The number of hydrogen-bond donors (Lipinski definition) is 2. The summed E-state index contributed by atoms with van der Waals surface area (Å²) in [7, 11) is 1.29. The van der Waals surface area contributed by atoms with E-state index in [1.165, 1.54) is 25.7 Å². The molecule has 0 aromatic heterocycles. The van der Waals surface area contributed by atoms with E-state index < -0.39 is 38.6 Å². The summed E-state index contributed by atoms with van der Waals surface area (Å²) in [6, 6.07) is 0. The molecule has 0 aromatic carbocycles. The summed E-state index contributed by atoms with van der Waals surface area (Å²) in [5.74, 6) is -1.13. The van der Waals surface area contributed by atoms with E-state index in [9.17, 15) is 24.2 Å². The Morgan fingerprint density at radius 3 is 1.62 bits per heavy atom. The first-order chi connectivity index (χ1) is 30.4. The highest BCUT2D eigenvalue weighted by Gasteiger charge is 2.27. The molecule has 0 aliphatic carbocycles. The number of hydrogen-bond acceptors (Lipinski definition) is 8. The van der Waals surface area contributed by atoms with Gasteiger partial charge in [0.25, 0.3) is 0 Å². The number of unbranched alkanes of at least 4 members (excludes halogenated alkanes) is 6. The van der Waals surface area contributed by atoms with E-state index >= 15 is 0 Å². The number of aliphatic hydroxyl groups excluding tert-OH is 1. The minimum absolute atomic E-state index is 0.0237. The number of ether oxygens (including phenoxy) is 2. The predicted octanol–water partition coefficient (Wildman–Crippen LogP) is 12.7. The Morgan fingerprint density at radius 2 is 1.10 bits per heavy atom. The molecule has 63 heavy (non-hydrogen) atoms. The van der Waals surface area contributed by atoms with Gasteiger partial charge in [-0.25, -0.2) is 4.57 Å². The summed E-state index contributed by atoms with van der Waals surface area (Å²) >= 11 is 0. The van der Waals surface area contributed by atoms with Gasteiger partial charge in [0.05, 0.1) is 33.9 Å². The number of likely N-dealkylation sites (N-methyl/N-ethyl adjacent to an activating group) is 1. The van der Waals surface area contributed by atoms with E-state index in [4.69, 9.17) is 18.5 Å². The van der Waals surface area contributed by atoms with Gasteiger partial charge >= 0.3 is 19.8 Å². The first kappa shape index (κ1) is 59.4. The number of esters is 2. The number of carbonyl (C=O) groups excluding carboxylic acids is 2. The molecule has 0 spiro atoms. The van der Waals surface area contributed by atoms with E-state index in [1.54, 1.807) is 12.2 Å². The van der Waals surface area contributed by atoms with Crippen LogP contribution in [0.1, 0.15) is 136 Å². The van der Waals surface area contributed by atoms with Gasteiger partial charge in [0.1, 0.15) is 19.8 Å². The van der Waals surface area contributed by atoms with Crippen molar-refractivity contribution in [2.75, 3.05) is 47.5 Å². The fourth-order valence-corrected chi connectivity index (χ4v) is 6.14. The highest BCUT2D eigenvalue weighted by Crippen LogP contribution is 2.43. The first-order valence-corrected chi connectivity index (χ1v) is 24.9. The maximum Gasteiger partial charge on any atom is 0.472 e. The number of allylic oxidation sites excluding steroid dienone is 19. The topological polar surface area (TPSA) is 129 Å². The predicted molar refractivity (Wildman–Crippen MR) is 262 cm³/mol. The third kappa shape index (κ3) is 46.2. The molecule has 3 atom stereocenters. The number of aliphatic hydroxyl groups is 1. The number of nitrogens with zero attached hydrogens (tertiary/aromatic N) is 1. The third-order valence-electron chi connectivity index (χ3n) is 9.09. The minimum atomic E-state index is -4.46. The Kier molecular flexibility index (Phi) is 39.9. The van der Waals surface area contributed by atoms with Crippen molar-refractivity contribution in [1.29, 1.82) is 0 Å². The van der Waals surface area contributed by atoms with Gasteiger partial charge in [-0.3, -0.25) is 18.6 Å². The molecule has 0 fully saturated rings. The molecule has 0 rings (SSSR count). The molecule has 0 bridgehead atoms. The van der Waals surface area contributed by atoms with E-state index in [2.05, 4.69) is 111 Å². The number of rotatable bonds is 40. The van der Waals surface area contributed by atoms with Crippen LogP contribution in [0.4, 0.5) is 0 Å². The van der Waals surface area contributed by atoms with E-state index in [0.29, 0.717) is 17.4 Å². The summed E-state index contributed by atoms with van der Waals surface area (Å²) in [6.45, 7) is 3.93. The summed E-state index contributed by atoms with van der Waals surface area (Å²) in [5, 5.41) is 10.4. The van der Waals surface area contributed by atoms with Crippen molar-refractivity contribution in [3.8, 4) is 0 Å². The van der Waals surface area contributed by atoms with Gasteiger partial charge in [-0.15, -0.1) is 0 Å². The first-order valence-electron chi connectivity index (χ1n) is 23.4. The second-order valence-electron chi connectivity index (χ2n) is 16.2. The Morgan fingerprint density at radius 1 is 0.587 bits per heavy atom. The van der Waals surface area contributed by atoms with Gasteiger partial charge in [0.15, 0.2) is 6.10 Å². The van der Waals surface area contributed by atoms with Crippen molar-refractivity contribution in [2.24, 2.45) is 0 Å². The fourth-order valence-electron chi connectivity index (χ4n) is 5.40. The number of phosphoric ester groups is 1. The van der Waals surface area contributed by atoms with Crippen LogP contribution in [0.25, 0.3) is 0 Å². The lowest BCUT2D eigenvalue weighted by atomic mass is 10.1. The highest BCUT2D eigenvalue weighted by atomic mass is 31.2. The molecule has 0 heterocycles. The second-order valence-corrected chi connectivity index (χ2v) is 17.7. The van der Waals surface area contributed by atoms with Gasteiger partial charge in [-0.1, -0.05) is 155 Å². The van der Waals surface area contributed by atoms with Crippen LogP contribution in [0, 0.1) is 0 Å². The Hall–Kier alpha value is -3.63. The maximum atomic E-state index is 12.7. The summed E-state index contributed by atoms with van der Waals surface area (Å²) in [6.07, 6.45) is 55.8. The molecule has 2 unspecified atom stereocenters. The maximum absolute atomic E-state index is 12.7. The van der Waals surface area contributed by atoms with Gasteiger partial charge < -0.3 is 24.0 Å². The Balaban J connectivity index is 4.65. The number of quaternary nitrogens is 1. The summed E-state index contributed by atoms with van der Waals surface area (Å²) in [4.78, 5) is 35.5. The molecule has 0 aliphatic rings. The van der Waals surface area contributed by atoms with Gasteiger partial charge in [0.2, 0.25) is 0 Å². The zero-order valence-corrected chi connectivity index (χ0v) is 40.5. The molecule has 2 N–H and O–H groups in total. The van der Waals surface area contributed by atoms with Gasteiger partial charge in [-0.05, 0) is 89.9 Å². The average Bonchev–Trinajstić information content (AvgIpc) is 3.24. The molecular formula is C52H85NO9P+. The number of carbonyl (C=O) groups is 2. The molecule has 11 heteroatoms. The normalized spacial score (nSPS) is 15.1. The molecule has 356 valence electrons. The largest absolute Gasteiger partial charge is 0.472 e. The zero-order valence-electron chi connectivity index (χ0n) is 39.6. The smallest absolute Gasteiger partial charge is 0.462 e. The van der Waals surface area contributed by atoms with Gasteiger partial charge in [0, 0.05) is 12.8 Å². The zero-order chi connectivity index (χ0) is 46.5. The monoisotopic (exact) mass is 899 g/mol. The van der Waals surface area contributed by atoms with Crippen molar-refractivity contribution in [2.45, 2.75) is 148 Å². The van der Waals surface area contributed by atoms with Crippen LogP contribution in [0.15, 0.2) is 122 Å². The highest BCUT2D eigenvalue weighted by molar-refractivity contribution is 7.47. The van der Waals surface area contributed by atoms with Crippen LogP contribution in [-0.2, 0) is 32.7 Å². The second kappa shape index (κ2) is 42.3. The van der Waals surface area contributed by atoms with Crippen molar-refractivity contribution in [3.05, 3.63) is 122 Å². The molecule has 0 radical (unpaired) electrons. The molecule has 0 saturated carbocycles. The van der Waals surface area contributed by atoms with Crippen molar-refractivity contribution >= 4 is 19.8 Å². The molecule has 0 saturated heterocycles. The summed E-state index contributed by atoms with van der Waals surface area (Å²) < 4.78 is 34.1. The molecule has 10 nitrogen and oxygen atoms in total. The van der Waals surface area contributed by atoms with E-state index in [1.807, 2.05) is 33.3 Å². The van der Waals surface area contributed by atoms with Crippen molar-refractivity contribution in [1.82, 2.24) is 0 Å². The van der Waals surface area contributed by atoms with Crippen LogP contribution >= 0.6 is 7.82 Å². The molecule has 0 aliphatic heterocycles. The number of phosphoric acid groups is 1. The molecule has 0 amide bonds. The van der Waals surface area contributed by atoms with Crippen LogP contribution in [0.5, 0.6) is 0 Å². The molecular weight excluding hydrogens is 814 g/mol. The summed E-state index contributed by atoms with van der Waals surface area (Å²) in [5.41, 5.74) is 0. The van der Waals surface area contributed by atoms with Crippen LogP contribution in [0.2, 0.25) is 0 Å².